The first-order valence-electron chi connectivity index (χ1n) is 12.5. The van der Waals surface area contributed by atoms with Crippen LogP contribution in [0.2, 0.25) is 0 Å². The smallest absolute Gasteiger partial charge is 0.220 e. The summed E-state index contributed by atoms with van der Waals surface area (Å²) in [7, 11) is 0. The molecule has 0 bridgehead atoms. The van der Waals surface area contributed by atoms with Crippen molar-refractivity contribution < 1.29 is 4.79 Å². The first-order chi connectivity index (χ1) is 13.8. The van der Waals surface area contributed by atoms with E-state index in [1.54, 1.807) is 0 Å². The van der Waals surface area contributed by atoms with E-state index >= 15 is 0 Å². The zero-order valence-corrected chi connectivity index (χ0v) is 18.9. The first kappa shape index (κ1) is 25.4. The highest BCUT2D eigenvalue weighted by molar-refractivity contribution is 5.75. The van der Waals surface area contributed by atoms with Crippen molar-refractivity contribution in [3.8, 4) is 0 Å². The van der Waals surface area contributed by atoms with Crippen molar-refractivity contribution in [1.29, 1.82) is 0 Å². The summed E-state index contributed by atoms with van der Waals surface area (Å²) in [4.78, 5) is 14.3. The molecule has 0 aromatic heterocycles. The van der Waals surface area contributed by atoms with Crippen LogP contribution in [-0.2, 0) is 4.79 Å². The topological polar surface area (TPSA) is 44.4 Å². The maximum absolute atomic E-state index is 11.9. The Morgan fingerprint density at radius 1 is 0.750 bits per heavy atom. The van der Waals surface area contributed by atoms with Crippen molar-refractivity contribution in [1.82, 2.24) is 15.5 Å². The van der Waals surface area contributed by atoms with E-state index in [9.17, 15) is 4.79 Å². The Bertz CT molecular complexity index is 343. The molecular weight excluding hydrogens is 346 g/mol. The number of nitrogens with zero attached hydrogens (tertiary/aromatic N) is 1. The number of hydrogen-bond donors (Lipinski definition) is 2. The molecule has 1 rings (SSSR count). The molecule has 1 heterocycles. The minimum absolute atomic E-state index is 0.241. The summed E-state index contributed by atoms with van der Waals surface area (Å²) in [6.07, 6.45) is 21.2. The van der Waals surface area contributed by atoms with Crippen molar-refractivity contribution in [2.45, 2.75) is 110 Å². The summed E-state index contributed by atoms with van der Waals surface area (Å²) in [5, 5.41) is 6.43. The Balaban J connectivity index is 1.72. The predicted octanol–water partition coefficient (Wildman–Crippen LogP) is 5.27. The van der Waals surface area contributed by atoms with Gasteiger partial charge in [0.25, 0.3) is 0 Å². The van der Waals surface area contributed by atoms with Gasteiger partial charge in [0.15, 0.2) is 0 Å². The molecule has 1 aliphatic rings. The standard InChI is InChI=1S/C24H49N3O/c1-2-3-4-5-6-7-8-9-10-11-12-13-14-15-16-17-24(28)26-20-23-27-21-18-25-19-22-27/h25H,2-23H2,1H3,(H,26,28). The van der Waals surface area contributed by atoms with Crippen molar-refractivity contribution in [3.63, 3.8) is 0 Å². The van der Waals surface area contributed by atoms with Crippen molar-refractivity contribution in [3.05, 3.63) is 0 Å². The molecule has 4 heteroatoms. The second kappa shape index (κ2) is 19.7. The van der Waals surface area contributed by atoms with Gasteiger partial charge in [0.1, 0.15) is 0 Å². The molecule has 0 aromatic carbocycles. The van der Waals surface area contributed by atoms with Gasteiger partial charge in [-0.3, -0.25) is 9.69 Å². The third-order valence-corrected chi connectivity index (χ3v) is 5.97. The lowest BCUT2D eigenvalue weighted by Crippen LogP contribution is -2.46. The van der Waals surface area contributed by atoms with Gasteiger partial charge in [-0.15, -0.1) is 0 Å². The molecule has 0 saturated carbocycles. The Kier molecular flexibility index (Phi) is 17.9. The molecule has 1 aliphatic heterocycles. The lowest BCUT2D eigenvalue weighted by molar-refractivity contribution is -0.121. The van der Waals surface area contributed by atoms with Crippen LogP contribution >= 0.6 is 0 Å². The maximum atomic E-state index is 11.9. The zero-order valence-electron chi connectivity index (χ0n) is 18.9. The van der Waals surface area contributed by atoms with Crippen LogP contribution < -0.4 is 10.6 Å². The highest BCUT2D eigenvalue weighted by Crippen LogP contribution is 2.13. The van der Waals surface area contributed by atoms with Crippen molar-refractivity contribution >= 4 is 5.91 Å². The molecule has 1 amide bonds. The van der Waals surface area contributed by atoms with E-state index in [1.807, 2.05) is 0 Å². The van der Waals surface area contributed by atoms with Gasteiger partial charge in [-0.25, -0.2) is 0 Å². The molecule has 2 N–H and O–H groups in total. The van der Waals surface area contributed by atoms with Crippen LogP contribution in [0.5, 0.6) is 0 Å². The monoisotopic (exact) mass is 395 g/mol. The average molecular weight is 396 g/mol. The number of rotatable bonds is 19. The second-order valence-corrected chi connectivity index (χ2v) is 8.64. The minimum Gasteiger partial charge on any atom is -0.355 e. The summed E-state index contributed by atoms with van der Waals surface area (Å²) in [5.74, 6) is 0.241. The van der Waals surface area contributed by atoms with Gasteiger partial charge in [-0.2, -0.15) is 0 Å². The Hall–Kier alpha value is -0.610. The molecule has 1 saturated heterocycles. The quantitative estimate of drug-likeness (QED) is 0.293. The van der Waals surface area contributed by atoms with Crippen LogP contribution in [0.3, 0.4) is 0 Å². The number of piperazine rings is 1. The summed E-state index contributed by atoms with van der Waals surface area (Å²) >= 11 is 0. The molecule has 0 atom stereocenters. The predicted molar refractivity (Wildman–Crippen MR) is 122 cm³/mol. The first-order valence-corrected chi connectivity index (χ1v) is 12.5. The lowest BCUT2D eigenvalue weighted by atomic mass is 10.0. The molecule has 28 heavy (non-hydrogen) atoms. The molecule has 0 radical (unpaired) electrons. The zero-order chi connectivity index (χ0) is 20.1. The van der Waals surface area contributed by atoms with Gasteiger partial charge < -0.3 is 10.6 Å². The third kappa shape index (κ3) is 16.4. The van der Waals surface area contributed by atoms with E-state index < -0.39 is 0 Å². The fraction of sp³-hybridized carbons (Fsp3) is 0.958. The maximum Gasteiger partial charge on any atom is 0.220 e. The minimum atomic E-state index is 0.241. The molecule has 1 fully saturated rings. The second-order valence-electron chi connectivity index (χ2n) is 8.64. The molecule has 0 spiro atoms. The van der Waals surface area contributed by atoms with Gasteiger partial charge in [-0.1, -0.05) is 96.8 Å². The normalized spacial score (nSPS) is 15.0. The van der Waals surface area contributed by atoms with E-state index in [4.69, 9.17) is 0 Å². The van der Waals surface area contributed by atoms with Gasteiger partial charge in [-0.05, 0) is 6.42 Å². The highest BCUT2D eigenvalue weighted by Gasteiger charge is 2.09. The fourth-order valence-electron chi connectivity index (χ4n) is 4.03. The number of carbonyl (C=O) groups is 1. The lowest BCUT2D eigenvalue weighted by Gasteiger charge is -2.27. The largest absolute Gasteiger partial charge is 0.355 e. The summed E-state index contributed by atoms with van der Waals surface area (Å²) < 4.78 is 0. The Morgan fingerprint density at radius 2 is 1.21 bits per heavy atom. The number of amides is 1. The Morgan fingerprint density at radius 3 is 1.71 bits per heavy atom. The van der Waals surface area contributed by atoms with Crippen molar-refractivity contribution in [2.75, 3.05) is 39.3 Å². The molecule has 0 aromatic rings. The number of unbranched alkanes of at least 4 members (excludes halogenated alkanes) is 14. The fourth-order valence-corrected chi connectivity index (χ4v) is 4.03. The summed E-state index contributed by atoms with van der Waals surface area (Å²) in [6, 6.07) is 0. The highest BCUT2D eigenvalue weighted by atomic mass is 16.1. The van der Waals surface area contributed by atoms with Gasteiger partial charge in [0, 0.05) is 45.7 Å². The van der Waals surface area contributed by atoms with Gasteiger partial charge in [0.2, 0.25) is 5.91 Å². The molecule has 166 valence electrons. The van der Waals surface area contributed by atoms with E-state index in [0.29, 0.717) is 6.42 Å². The van der Waals surface area contributed by atoms with Crippen molar-refractivity contribution in [2.24, 2.45) is 0 Å². The molecule has 0 unspecified atom stereocenters. The summed E-state index contributed by atoms with van der Waals surface area (Å²) in [5.41, 5.74) is 0. The number of nitrogens with one attached hydrogen (secondary N) is 2. The van der Waals surface area contributed by atoms with Crippen LogP contribution in [0, 0.1) is 0 Å². The average Bonchev–Trinajstić information content (AvgIpc) is 2.71. The van der Waals surface area contributed by atoms with Crippen LogP contribution in [0.25, 0.3) is 0 Å². The molecule has 4 nitrogen and oxygen atoms in total. The van der Waals surface area contributed by atoms with Crippen LogP contribution in [0.15, 0.2) is 0 Å². The summed E-state index contributed by atoms with van der Waals surface area (Å²) in [6.45, 7) is 8.45. The van der Waals surface area contributed by atoms with E-state index in [1.165, 1.54) is 89.9 Å². The van der Waals surface area contributed by atoms with Gasteiger partial charge in [0.05, 0.1) is 0 Å². The van der Waals surface area contributed by atoms with E-state index in [0.717, 1.165) is 45.7 Å². The number of hydrogen-bond acceptors (Lipinski definition) is 3. The van der Waals surface area contributed by atoms with Crippen LogP contribution in [0.4, 0.5) is 0 Å². The van der Waals surface area contributed by atoms with Crippen LogP contribution in [0.1, 0.15) is 110 Å². The molecular formula is C24H49N3O. The SMILES string of the molecule is CCCCCCCCCCCCCCCCCC(=O)NCCN1CCNCC1. The Labute approximate surface area is 175 Å². The van der Waals surface area contributed by atoms with Gasteiger partial charge >= 0.3 is 0 Å². The van der Waals surface area contributed by atoms with E-state index in [2.05, 4.69) is 22.5 Å². The molecule has 0 aliphatic carbocycles. The number of carbonyl (C=O) groups excluding carboxylic acids is 1. The third-order valence-electron chi connectivity index (χ3n) is 5.97. The van der Waals surface area contributed by atoms with Crippen LogP contribution in [-0.4, -0.2) is 50.1 Å². The van der Waals surface area contributed by atoms with E-state index in [-0.39, 0.29) is 5.91 Å².